The third kappa shape index (κ3) is 4.52. The fraction of sp³-hybridized carbons (Fsp3) is 0.154. The van der Waals surface area contributed by atoms with Gasteiger partial charge in [0.2, 0.25) is 11.8 Å². The van der Waals surface area contributed by atoms with Gasteiger partial charge >= 0.3 is 0 Å². The van der Waals surface area contributed by atoms with E-state index < -0.39 is 11.6 Å². The zero-order valence-electron chi connectivity index (χ0n) is 19.0. The number of carbonyl (C=O) groups is 2. The minimum atomic E-state index is -0.849. The van der Waals surface area contributed by atoms with Crippen LogP contribution in [0.25, 0.3) is 22.3 Å². The number of para-hydroxylation sites is 3. The molecular formula is C26H24N4O4. The zero-order valence-corrected chi connectivity index (χ0v) is 19.0. The first-order valence-corrected chi connectivity index (χ1v) is 10.7. The van der Waals surface area contributed by atoms with Crippen LogP contribution in [0.2, 0.25) is 0 Å². The van der Waals surface area contributed by atoms with Crippen molar-refractivity contribution >= 4 is 34.2 Å². The highest BCUT2D eigenvalue weighted by molar-refractivity contribution is 5.96. The van der Waals surface area contributed by atoms with Crippen molar-refractivity contribution in [2.75, 3.05) is 17.7 Å². The fourth-order valence-corrected chi connectivity index (χ4v) is 3.77. The lowest BCUT2D eigenvalue weighted by molar-refractivity contribution is -0.118. The lowest BCUT2D eigenvalue weighted by atomic mass is 10.1. The van der Waals surface area contributed by atoms with Crippen LogP contribution in [0.3, 0.4) is 0 Å². The van der Waals surface area contributed by atoms with Gasteiger partial charge in [-0.2, -0.15) is 0 Å². The third-order valence-electron chi connectivity index (χ3n) is 5.39. The summed E-state index contributed by atoms with van der Waals surface area (Å²) in [5, 5.41) is 5.59. The second kappa shape index (κ2) is 9.58. The second-order valence-electron chi connectivity index (χ2n) is 7.75. The first-order valence-electron chi connectivity index (χ1n) is 10.7. The Hall–Kier alpha value is -4.46. The van der Waals surface area contributed by atoms with E-state index >= 15 is 0 Å². The predicted molar refractivity (Wildman–Crippen MR) is 132 cm³/mol. The number of aromatic nitrogens is 2. The van der Waals surface area contributed by atoms with Gasteiger partial charge in [0.15, 0.2) is 0 Å². The minimum Gasteiger partial charge on any atom is -0.497 e. The van der Waals surface area contributed by atoms with E-state index in [9.17, 15) is 14.4 Å². The Morgan fingerprint density at radius 2 is 1.71 bits per heavy atom. The van der Waals surface area contributed by atoms with Crippen LogP contribution in [0.5, 0.6) is 5.75 Å². The lowest BCUT2D eigenvalue weighted by Gasteiger charge is -2.19. The number of rotatable bonds is 6. The molecule has 0 saturated heterocycles. The van der Waals surface area contributed by atoms with E-state index in [0.29, 0.717) is 33.7 Å². The molecule has 8 nitrogen and oxygen atoms in total. The van der Waals surface area contributed by atoms with E-state index in [2.05, 4.69) is 15.6 Å². The molecule has 8 heteroatoms. The molecule has 1 atom stereocenters. The maximum absolute atomic E-state index is 13.7. The number of nitrogens with zero attached hydrogens (tertiary/aromatic N) is 2. The number of nitrogens with one attached hydrogen (secondary N) is 2. The van der Waals surface area contributed by atoms with Crippen LogP contribution >= 0.6 is 0 Å². The molecule has 2 N–H and O–H groups in total. The molecule has 0 spiro atoms. The normalized spacial score (nSPS) is 11.6. The Morgan fingerprint density at radius 1 is 0.971 bits per heavy atom. The van der Waals surface area contributed by atoms with Gasteiger partial charge in [0.1, 0.15) is 17.5 Å². The number of methoxy groups -OCH3 is 1. The standard InChI is InChI=1S/C26H24N4O4/c1-16(25(32)28-18-9-8-10-19(15-18)34-3)30-23-14-7-6-13-22(23)29-24(26(30)33)20-11-4-5-12-21(20)27-17(2)31/h4-16H,1-3H3,(H,27,31)(H,28,32). The molecule has 0 radical (unpaired) electrons. The molecule has 0 aliphatic heterocycles. The minimum absolute atomic E-state index is 0.143. The number of hydrogen-bond donors (Lipinski definition) is 2. The molecule has 0 fully saturated rings. The number of ether oxygens (including phenoxy) is 1. The summed E-state index contributed by atoms with van der Waals surface area (Å²) in [5.41, 5.74) is 2.28. The van der Waals surface area contributed by atoms with Crippen LogP contribution in [-0.2, 0) is 9.59 Å². The van der Waals surface area contributed by atoms with Crippen LogP contribution in [0, 0.1) is 0 Å². The Balaban J connectivity index is 1.83. The summed E-state index contributed by atoms with van der Waals surface area (Å²) in [6.45, 7) is 3.06. The van der Waals surface area contributed by atoms with Crippen LogP contribution in [0.1, 0.15) is 19.9 Å². The van der Waals surface area contributed by atoms with Gasteiger partial charge in [-0.15, -0.1) is 0 Å². The summed E-state index contributed by atoms with van der Waals surface area (Å²) in [6.07, 6.45) is 0. The molecule has 0 aliphatic rings. The Morgan fingerprint density at radius 3 is 2.47 bits per heavy atom. The highest BCUT2D eigenvalue weighted by Crippen LogP contribution is 2.27. The average Bonchev–Trinajstić information content (AvgIpc) is 2.83. The van der Waals surface area contributed by atoms with Gasteiger partial charge in [-0.25, -0.2) is 4.98 Å². The van der Waals surface area contributed by atoms with Gasteiger partial charge in [0, 0.05) is 24.2 Å². The molecule has 0 saturated carbocycles. The maximum Gasteiger partial charge on any atom is 0.278 e. The number of carbonyl (C=O) groups excluding carboxylic acids is 2. The molecule has 4 aromatic rings. The number of benzene rings is 3. The third-order valence-corrected chi connectivity index (χ3v) is 5.39. The molecule has 3 aromatic carbocycles. The number of hydrogen-bond acceptors (Lipinski definition) is 5. The first-order chi connectivity index (χ1) is 16.4. The summed E-state index contributed by atoms with van der Waals surface area (Å²) in [6, 6.07) is 20.2. The highest BCUT2D eigenvalue weighted by Gasteiger charge is 2.23. The first kappa shape index (κ1) is 22.7. The summed E-state index contributed by atoms with van der Waals surface area (Å²) in [4.78, 5) is 43.2. The van der Waals surface area contributed by atoms with E-state index in [1.165, 1.54) is 11.5 Å². The van der Waals surface area contributed by atoms with Crippen molar-refractivity contribution in [2.24, 2.45) is 0 Å². The fourth-order valence-electron chi connectivity index (χ4n) is 3.77. The van der Waals surface area contributed by atoms with E-state index in [0.717, 1.165) is 0 Å². The lowest BCUT2D eigenvalue weighted by Crippen LogP contribution is -2.33. The predicted octanol–water partition coefficient (Wildman–Crippen LogP) is 4.23. The Kier molecular flexibility index (Phi) is 6.40. The van der Waals surface area contributed by atoms with Crippen LogP contribution in [-0.4, -0.2) is 28.5 Å². The number of fused-ring (bicyclic) bond motifs is 1. The summed E-state index contributed by atoms with van der Waals surface area (Å²) in [7, 11) is 1.55. The molecule has 1 heterocycles. The van der Waals surface area contributed by atoms with Gasteiger partial charge in [0.25, 0.3) is 5.56 Å². The van der Waals surface area contributed by atoms with Gasteiger partial charge in [0.05, 0.1) is 23.8 Å². The number of amides is 2. The zero-order chi connectivity index (χ0) is 24.2. The van der Waals surface area contributed by atoms with Crippen molar-refractivity contribution in [2.45, 2.75) is 19.9 Å². The molecule has 34 heavy (non-hydrogen) atoms. The Bertz CT molecular complexity index is 1440. The second-order valence-corrected chi connectivity index (χ2v) is 7.75. The SMILES string of the molecule is COc1cccc(NC(=O)C(C)n2c(=O)c(-c3ccccc3NC(C)=O)nc3ccccc32)c1. The maximum atomic E-state index is 13.7. The van der Waals surface area contributed by atoms with E-state index in [-0.39, 0.29) is 17.5 Å². The van der Waals surface area contributed by atoms with Crippen molar-refractivity contribution in [1.29, 1.82) is 0 Å². The summed E-state index contributed by atoms with van der Waals surface area (Å²) in [5.74, 6) is -0.0266. The summed E-state index contributed by atoms with van der Waals surface area (Å²) >= 11 is 0. The van der Waals surface area contributed by atoms with E-state index in [4.69, 9.17) is 4.74 Å². The van der Waals surface area contributed by atoms with Crippen LogP contribution in [0.4, 0.5) is 11.4 Å². The van der Waals surface area contributed by atoms with Gasteiger partial charge in [-0.1, -0.05) is 36.4 Å². The topological polar surface area (TPSA) is 102 Å². The molecule has 1 aromatic heterocycles. The van der Waals surface area contributed by atoms with Crippen LogP contribution < -0.4 is 20.9 Å². The van der Waals surface area contributed by atoms with Crippen molar-refractivity contribution in [3.63, 3.8) is 0 Å². The van der Waals surface area contributed by atoms with Gasteiger partial charge < -0.3 is 15.4 Å². The molecular weight excluding hydrogens is 432 g/mol. The van der Waals surface area contributed by atoms with E-state index in [1.807, 2.05) is 6.07 Å². The largest absolute Gasteiger partial charge is 0.497 e. The molecule has 172 valence electrons. The Labute approximate surface area is 196 Å². The van der Waals surface area contributed by atoms with Crippen LogP contribution in [0.15, 0.2) is 77.6 Å². The van der Waals surface area contributed by atoms with Crippen molar-refractivity contribution in [1.82, 2.24) is 9.55 Å². The molecule has 0 bridgehead atoms. The number of anilines is 2. The quantitative estimate of drug-likeness (QED) is 0.452. The van der Waals surface area contributed by atoms with Gasteiger partial charge in [-0.05, 0) is 37.3 Å². The highest BCUT2D eigenvalue weighted by atomic mass is 16.5. The molecule has 2 amide bonds. The van der Waals surface area contributed by atoms with Crippen molar-refractivity contribution < 1.29 is 14.3 Å². The van der Waals surface area contributed by atoms with Gasteiger partial charge in [-0.3, -0.25) is 19.0 Å². The molecule has 1 unspecified atom stereocenters. The van der Waals surface area contributed by atoms with E-state index in [1.54, 1.807) is 80.8 Å². The molecule has 4 rings (SSSR count). The van der Waals surface area contributed by atoms with Crippen molar-refractivity contribution in [3.8, 4) is 17.0 Å². The summed E-state index contributed by atoms with van der Waals surface area (Å²) < 4.78 is 6.65. The molecule has 0 aliphatic carbocycles. The van der Waals surface area contributed by atoms with Crippen molar-refractivity contribution in [3.05, 3.63) is 83.2 Å². The average molecular weight is 457 g/mol. The smallest absolute Gasteiger partial charge is 0.278 e. The monoisotopic (exact) mass is 456 g/mol.